The SMILES string of the molecule is N#Cc1ccc(Cn2nnc(-c3cccnc3)n2)cc1. The zero-order valence-electron chi connectivity index (χ0n) is 10.5. The molecule has 0 aliphatic rings. The highest BCUT2D eigenvalue weighted by molar-refractivity contribution is 5.51. The first kappa shape index (κ1) is 12.0. The number of hydrogen-bond acceptors (Lipinski definition) is 5. The van der Waals surface area contributed by atoms with Crippen molar-refractivity contribution in [2.75, 3.05) is 0 Å². The maximum Gasteiger partial charge on any atom is 0.206 e. The lowest BCUT2D eigenvalue weighted by atomic mass is 10.1. The van der Waals surface area contributed by atoms with Crippen molar-refractivity contribution in [1.29, 1.82) is 5.26 Å². The minimum absolute atomic E-state index is 0.513. The van der Waals surface area contributed by atoms with E-state index in [-0.39, 0.29) is 0 Å². The maximum atomic E-state index is 8.75. The highest BCUT2D eigenvalue weighted by Gasteiger charge is 2.06. The number of pyridine rings is 1. The second-order valence-electron chi connectivity index (χ2n) is 4.19. The summed E-state index contributed by atoms with van der Waals surface area (Å²) in [7, 11) is 0. The third-order valence-corrected chi connectivity index (χ3v) is 2.78. The summed E-state index contributed by atoms with van der Waals surface area (Å²) in [6.07, 6.45) is 3.40. The molecule has 2 aromatic heterocycles. The Bertz CT molecular complexity index is 739. The zero-order chi connectivity index (χ0) is 13.8. The van der Waals surface area contributed by atoms with Crippen LogP contribution in [0.3, 0.4) is 0 Å². The average Bonchev–Trinajstić information content (AvgIpc) is 2.97. The third kappa shape index (κ3) is 2.52. The Morgan fingerprint density at radius 1 is 1.15 bits per heavy atom. The molecular weight excluding hydrogens is 252 g/mol. The van der Waals surface area contributed by atoms with E-state index in [0.29, 0.717) is 17.9 Å². The highest BCUT2D eigenvalue weighted by atomic mass is 15.6. The quantitative estimate of drug-likeness (QED) is 0.717. The van der Waals surface area contributed by atoms with E-state index in [1.165, 1.54) is 4.80 Å². The summed E-state index contributed by atoms with van der Waals surface area (Å²) in [5.41, 5.74) is 2.48. The van der Waals surface area contributed by atoms with Crippen LogP contribution in [0.1, 0.15) is 11.1 Å². The molecule has 1 aromatic carbocycles. The van der Waals surface area contributed by atoms with Crippen LogP contribution in [0.2, 0.25) is 0 Å². The Hall–Kier alpha value is -3.07. The van der Waals surface area contributed by atoms with Crippen LogP contribution < -0.4 is 0 Å². The minimum Gasteiger partial charge on any atom is -0.264 e. The van der Waals surface area contributed by atoms with Crippen LogP contribution in [0, 0.1) is 11.3 Å². The largest absolute Gasteiger partial charge is 0.264 e. The number of rotatable bonds is 3. The lowest BCUT2D eigenvalue weighted by molar-refractivity contribution is 0.573. The van der Waals surface area contributed by atoms with Gasteiger partial charge in [0.1, 0.15) is 0 Å². The molecule has 0 spiro atoms. The standard InChI is InChI=1S/C14H10N6/c15-8-11-3-5-12(6-4-11)10-20-18-14(17-19-20)13-2-1-7-16-9-13/h1-7,9H,10H2. The smallest absolute Gasteiger partial charge is 0.206 e. The lowest BCUT2D eigenvalue weighted by Gasteiger charge is -1.99. The molecule has 2 heterocycles. The molecule has 0 aliphatic carbocycles. The van der Waals surface area contributed by atoms with E-state index >= 15 is 0 Å². The Balaban J connectivity index is 1.79. The molecule has 6 nitrogen and oxygen atoms in total. The second-order valence-corrected chi connectivity index (χ2v) is 4.19. The Kier molecular flexibility index (Phi) is 3.17. The van der Waals surface area contributed by atoms with Gasteiger partial charge in [0.2, 0.25) is 5.82 Å². The number of hydrogen-bond donors (Lipinski definition) is 0. The van der Waals surface area contributed by atoms with E-state index in [2.05, 4.69) is 26.5 Å². The summed E-state index contributed by atoms with van der Waals surface area (Å²) < 4.78 is 0. The lowest BCUT2D eigenvalue weighted by Crippen LogP contribution is -2.03. The van der Waals surface area contributed by atoms with Crippen molar-refractivity contribution in [2.24, 2.45) is 0 Å². The summed E-state index contributed by atoms with van der Waals surface area (Å²) in [6.45, 7) is 0.513. The van der Waals surface area contributed by atoms with Crippen LogP contribution in [0.5, 0.6) is 0 Å². The molecule has 3 aromatic rings. The fourth-order valence-corrected chi connectivity index (χ4v) is 1.77. The molecule has 20 heavy (non-hydrogen) atoms. The van der Waals surface area contributed by atoms with Gasteiger partial charge >= 0.3 is 0 Å². The van der Waals surface area contributed by atoms with Crippen molar-refractivity contribution < 1.29 is 0 Å². The Morgan fingerprint density at radius 3 is 2.70 bits per heavy atom. The van der Waals surface area contributed by atoms with Gasteiger partial charge in [0.25, 0.3) is 0 Å². The average molecular weight is 262 g/mol. The molecule has 0 saturated carbocycles. The number of aromatic nitrogens is 5. The second kappa shape index (κ2) is 5.28. The maximum absolute atomic E-state index is 8.75. The number of benzene rings is 1. The van der Waals surface area contributed by atoms with Crippen LogP contribution in [0.25, 0.3) is 11.4 Å². The predicted molar refractivity (Wildman–Crippen MR) is 71.3 cm³/mol. The zero-order valence-corrected chi connectivity index (χ0v) is 10.5. The minimum atomic E-state index is 0.513. The molecule has 0 saturated heterocycles. The molecule has 0 N–H and O–H groups in total. The predicted octanol–water partition coefficient (Wildman–Crippen LogP) is 1.66. The van der Waals surface area contributed by atoms with E-state index in [4.69, 9.17) is 5.26 Å². The summed E-state index contributed by atoms with van der Waals surface area (Å²) in [5, 5.41) is 21.1. The molecule has 0 amide bonds. The first-order chi connectivity index (χ1) is 9.85. The van der Waals surface area contributed by atoms with Crippen molar-refractivity contribution >= 4 is 0 Å². The fraction of sp³-hybridized carbons (Fsp3) is 0.0714. The Morgan fingerprint density at radius 2 is 2.00 bits per heavy atom. The van der Waals surface area contributed by atoms with Gasteiger partial charge in [0.15, 0.2) is 0 Å². The number of tetrazole rings is 1. The van der Waals surface area contributed by atoms with Crippen LogP contribution >= 0.6 is 0 Å². The molecule has 0 unspecified atom stereocenters. The summed E-state index contributed by atoms with van der Waals surface area (Å²) in [5.74, 6) is 0.548. The molecule has 0 aliphatic heterocycles. The van der Waals surface area contributed by atoms with Gasteiger partial charge in [0, 0.05) is 18.0 Å². The van der Waals surface area contributed by atoms with Crippen molar-refractivity contribution in [1.82, 2.24) is 25.2 Å². The van der Waals surface area contributed by atoms with E-state index < -0.39 is 0 Å². The molecule has 0 atom stereocenters. The molecule has 0 fully saturated rings. The monoisotopic (exact) mass is 262 g/mol. The van der Waals surface area contributed by atoms with Gasteiger partial charge in [-0.2, -0.15) is 10.1 Å². The van der Waals surface area contributed by atoms with Gasteiger partial charge in [-0.05, 0) is 35.0 Å². The summed E-state index contributed by atoms with van der Waals surface area (Å²) in [6, 6.07) is 13.1. The topological polar surface area (TPSA) is 80.3 Å². The van der Waals surface area contributed by atoms with Crippen molar-refractivity contribution in [3.05, 3.63) is 59.9 Å². The van der Waals surface area contributed by atoms with Crippen LogP contribution in [0.15, 0.2) is 48.8 Å². The molecule has 6 heteroatoms. The van der Waals surface area contributed by atoms with Crippen LogP contribution in [-0.2, 0) is 6.54 Å². The molecular formula is C14H10N6. The molecule has 3 rings (SSSR count). The van der Waals surface area contributed by atoms with Crippen LogP contribution in [0.4, 0.5) is 0 Å². The molecule has 96 valence electrons. The van der Waals surface area contributed by atoms with Crippen molar-refractivity contribution in [3.8, 4) is 17.5 Å². The van der Waals surface area contributed by atoms with Gasteiger partial charge in [0.05, 0.1) is 18.2 Å². The van der Waals surface area contributed by atoms with E-state index in [1.807, 2.05) is 24.3 Å². The van der Waals surface area contributed by atoms with E-state index in [9.17, 15) is 0 Å². The van der Waals surface area contributed by atoms with Gasteiger partial charge in [-0.15, -0.1) is 10.2 Å². The summed E-state index contributed by atoms with van der Waals surface area (Å²) in [4.78, 5) is 5.54. The van der Waals surface area contributed by atoms with E-state index in [0.717, 1.165) is 11.1 Å². The van der Waals surface area contributed by atoms with Gasteiger partial charge < -0.3 is 0 Å². The van der Waals surface area contributed by atoms with Gasteiger partial charge in [-0.1, -0.05) is 12.1 Å². The highest BCUT2D eigenvalue weighted by Crippen LogP contribution is 2.11. The number of nitriles is 1. The number of nitrogens with zero attached hydrogens (tertiary/aromatic N) is 6. The van der Waals surface area contributed by atoms with Gasteiger partial charge in [-0.25, -0.2) is 0 Å². The fourth-order valence-electron chi connectivity index (χ4n) is 1.77. The van der Waals surface area contributed by atoms with Crippen molar-refractivity contribution in [3.63, 3.8) is 0 Å². The van der Waals surface area contributed by atoms with Gasteiger partial charge in [-0.3, -0.25) is 4.98 Å². The molecule has 0 bridgehead atoms. The third-order valence-electron chi connectivity index (χ3n) is 2.78. The normalized spacial score (nSPS) is 10.2. The molecule has 0 radical (unpaired) electrons. The van der Waals surface area contributed by atoms with Crippen molar-refractivity contribution in [2.45, 2.75) is 6.54 Å². The first-order valence-electron chi connectivity index (χ1n) is 6.02. The Labute approximate surface area is 115 Å². The summed E-state index contributed by atoms with van der Waals surface area (Å²) >= 11 is 0. The van der Waals surface area contributed by atoms with Crippen LogP contribution in [-0.4, -0.2) is 25.2 Å². The first-order valence-corrected chi connectivity index (χ1v) is 6.02. The van der Waals surface area contributed by atoms with E-state index in [1.54, 1.807) is 24.5 Å².